The van der Waals surface area contributed by atoms with Crippen molar-refractivity contribution < 1.29 is 9.53 Å². The first kappa shape index (κ1) is 15.7. The third-order valence-corrected chi connectivity index (χ3v) is 4.64. The Labute approximate surface area is 127 Å². The van der Waals surface area contributed by atoms with Crippen LogP contribution in [0, 0.1) is 5.41 Å². The van der Waals surface area contributed by atoms with Crippen molar-refractivity contribution in [3.05, 3.63) is 24.3 Å². The average molecular weight is 290 g/mol. The number of para-hydroxylation sites is 2. The molecule has 1 aliphatic carbocycles. The van der Waals surface area contributed by atoms with Crippen LogP contribution in [0.5, 0.6) is 5.75 Å². The van der Waals surface area contributed by atoms with Crippen LogP contribution >= 0.6 is 0 Å². The first-order valence-corrected chi connectivity index (χ1v) is 7.60. The van der Waals surface area contributed by atoms with Crippen LogP contribution in [0.3, 0.4) is 0 Å². The number of benzene rings is 1. The number of methoxy groups -OCH3 is 1. The molecule has 2 rings (SSSR count). The quantitative estimate of drug-likeness (QED) is 0.836. The summed E-state index contributed by atoms with van der Waals surface area (Å²) in [4.78, 5) is 12.2. The van der Waals surface area contributed by atoms with E-state index in [1.165, 1.54) is 0 Å². The van der Waals surface area contributed by atoms with Crippen molar-refractivity contribution in [3.8, 4) is 5.75 Å². The van der Waals surface area contributed by atoms with Crippen LogP contribution in [0.1, 0.15) is 46.0 Å². The number of hydrogen-bond acceptors (Lipinski definition) is 3. The molecule has 1 amide bonds. The molecule has 116 valence electrons. The molecule has 0 spiro atoms. The Hall–Kier alpha value is -1.71. The smallest absolute Gasteiger partial charge is 0.243 e. The van der Waals surface area contributed by atoms with Gasteiger partial charge in [-0.25, -0.2) is 0 Å². The fraction of sp³-hybridized carbons (Fsp3) is 0.588. The van der Waals surface area contributed by atoms with Gasteiger partial charge in [-0.15, -0.1) is 0 Å². The van der Waals surface area contributed by atoms with E-state index in [4.69, 9.17) is 10.5 Å². The molecule has 1 aliphatic rings. The van der Waals surface area contributed by atoms with Gasteiger partial charge in [0.25, 0.3) is 0 Å². The zero-order valence-electron chi connectivity index (χ0n) is 13.2. The lowest BCUT2D eigenvalue weighted by atomic mass is 9.83. The summed E-state index contributed by atoms with van der Waals surface area (Å²) in [5.74, 6) is 0.465. The summed E-state index contributed by atoms with van der Waals surface area (Å²) in [5.41, 5.74) is 6.17. The van der Waals surface area contributed by atoms with Crippen LogP contribution < -0.4 is 15.8 Å². The molecule has 0 radical (unpaired) electrons. The summed E-state index contributed by atoms with van der Waals surface area (Å²) in [6.07, 6.45) is 4.63. The molecule has 0 bridgehead atoms. The van der Waals surface area contributed by atoms with Crippen LogP contribution in [0.25, 0.3) is 0 Å². The van der Waals surface area contributed by atoms with Crippen molar-refractivity contribution >= 4 is 11.6 Å². The highest BCUT2D eigenvalue weighted by atomic mass is 16.5. The second kappa shape index (κ2) is 5.96. The SMILES string of the molecule is COc1ccccc1NC1(C(N)=O)CCCC(C)(C)CC1. The highest BCUT2D eigenvalue weighted by molar-refractivity contribution is 5.88. The van der Waals surface area contributed by atoms with Gasteiger partial charge >= 0.3 is 0 Å². The molecule has 1 atom stereocenters. The van der Waals surface area contributed by atoms with Crippen molar-refractivity contribution in [2.75, 3.05) is 12.4 Å². The summed E-state index contributed by atoms with van der Waals surface area (Å²) in [7, 11) is 1.63. The zero-order chi connectivity index (χ0) is 15.5. The van der Waals surface area contributed by atoms with Gasteiger partial charge in [-0.1, -0.05) is 32.4 Å². The first-order valence-electron chi connectivity index (χ1n) is 7.60. The predicted molar refractivity (Wildman–Crippen MR) is 85.4 cm³/mol. The summed E-state index contributed by atoms with van der Waals surface area (Å²) in [6, 6.07) is 7.66. The maximum absolute atomic E-state index is 12.2. The Bertz CT molecular complexity index is 513. The lowest BCUT2D eigenvalue weighted by Gasteiger charge is -2.33. The molecule has 4 nitrogen and oxygen atoms in total. The molecule has 4 heteroatoms. The number of primary amides is 1. The minimum absolute atomic E-state index is 0.264. The van der Waals surface area contributed by atoms with Gasteiger partial charge < -0.3 is 15.8 Å². The number of ether oxygens (including phenoxy) is 1. The Morgan fingerprint density at radius 2 is 1.90 bits per heavy atom. The fourth-order valence-corrected chi connectivity index (χ4v) is 3.11. The molecule has 0 aromatic heterocycles. The molecule has 1 aromatic rings. The van der Waals surface area contributed by atoms with E-state index in [1.807, 2.05) is 24.3 Å². The van der Waals surface area contributed by atoms with Crippen LogP contribution in [0.4, 0.5) is 5.69 Å². The molecule has 1 fully saturated rings. The number of anilines is 1. The van der Waals surface area contributed by atoms with E-state index < -0.39 is 5.54 Å². The molecular formula is C17H26N2O2. The molecule has 0 aliphatic heterocycles. The standard InChI is InChI=1S/C17H26N2O2/c1-16(2)9-6-10-17(12-11-16,15(18)20)19-13-7-4-5-8-14(13)21-3/h4-5,7-8,19H,6,9-12H2,1-3H3,(H2,18,20). The van der Waals surface area contributed by atoms with Crippen molar-refractivity contribution in [1.82, 2.24) is 0 Å². The van der Waals surface area contributed by atoms with Crippen molar-refractivity contribution in [3.63, 3.8) is 0 Å². The van der Waals surface area contributed by atoms with Gasteiger partial charge in [0.2, 0.25) is 5.91 Å². The summed E-state index contributed by atoms with van der Waals surface area (Å²) in [5, 5.41) is 3.39. The number of carbonyl (C=O) groups is 1. The van der Waals surface area contributed by atoms with E-state index in [0.717, 1.165) is 43.5 Å². The van der Waals surface area contributed by atoms with Gasteiger partial charge in [0.05, 0.1) is 12.8 Å². The number of hydrogen-bond donors (Lipinski definition) is 2. The monoisotopic (exact) mass is 290 g/mol. The van der Waals surface area contributed by atoms with E-state index in [0.29, 0.717) is 0 Å². The fourth-order valence-electron chi connectivity index (χ4n) is 3.11. The summed E-state index contributed by atoms with van der Waals surface area (Å²) in [6.45, 7) is 4.51. The second-order valence-corrected chi connectivity index (χ2v) is 6.79. The van der Waals surface area contributed by atoms with E-state index in [-0.39, 0.29) is 11.3 Å². The van der Waals surface area contributed by atoms with Crippen molar-refractivity contribution in [2.24, 2.45) is 11.1 Å². The summed E-state index contributed by atoms with van der Waals surface area (Å²) >= 11 is 0. The minimum Gasteiger partial charge on any atom is -0.495 e. The highest BCUT2D eigenvalue weighted by Crippen LogP contribution is 2.40. The van der Waals surface area contributed by atoms with Gasteiger partial charge in [-0.05, 0) is 43.2 Å². The maximum Gasteiger partial charge on any atom is 0.243 e. The number of carbonyl (C=O) groups excluding carboxylic acids is 1. The maximum atomic E-state index is 12.2. The number of amides is 1. The average Bonchev–Trinajstić information content (AvgIpc) is 2.59. The van der Waals surface area contributed by atoms with Gasteiger partial charge in [0.15, 0.2) is 0 Å². The molecule has 3 N–H and O–H groups in total. The molecule has 1 unspecified atom stereocenters. The molecule has 1 aromatic carbocycles. The zero-order valence-corrected chi connectivity index (χ0v) is 13.2. The molecular weight excluding hydrogens is 264 g/mol. The lowest BCUT2D eigenvalue weighted by molar-refractivity contribution is -0.122. The van der Waals surface area contributed by atoms with E-state index >= 15 is 0 Å². The second-order valence-electron chi connectivity index (χ2n) is 6.79. The van der Waals surface area contributed by atoms with Gasteiger partial charge in [0, 0.05) is 0 Å². The third-order valence-electron chi connectivity index (χ3n) is 4.64. The predicted octanol–water partition coefficient (Wildman–Crippen LogP) is 3.32. The highest BCUT2D eigenvalue weighted by Gasteiger charge is 2.40. The van der Waals surface area contributed by atoms with E-state index in [1.54, 1.807) is 7.11 Å². The summed E-state index contributed by atoms with van der Waals surface area (Å²) < 4.78 is 5.37. The minimum atomic E-state index is -0.678. The van der Waals surface area contributed by atoms with Gasteiger partial charge in [-0.3, -0.25) is 4.79 Å². The van der Waals surface area contributed by atoms with Crippen molar-refractivity contribution in [1.29, 1.82) is 0 Å². The largest absolute Gasteiger partial charge is 0.495 e. The topological polar surface area (TPSA) is 64.3 Å². The number of nitrogens with one attached hydrogen (secondary N) is 1. The Kier molecular flexibility index (Phi) is 4.45. The number of rotatable bonds is 4. The van der Waals surface area contributed by atoms with E-state index in [9.17, 15) is 4.79 Å². The molecule has 0 heterocycles. The Balaban J connectivity index is 2.29. The van der Waals surface area contributed by atoms with Crippen LogP contribution in [0.15, 0.2) is 24.3 Å². The molecule has 0 saturated heterocycles. The Morgan fingerprint density at radius 1 is 1.19 bits per heavy atom. The van der Waals surface area contributed by atoms with Crippen molar-refractivity contribution in [2.45, 2.75) is 51.5 Å². The van der Waals surface area contributed by atoms with Crippen LogP contribution in [0.2, 0.25) is 0 Å². The van der Waals surface area contributed by atoms with Gasteiger partial charge in [0.1, 0.15) is 11.3 Å². The first-order chi connectivity index (χ1) is 9.88. The van der Waals surface area contributed by atoms with Crippen LogP contribution in [-0.2, 0) is 4.79 Å². The van der Waals surface area contributed by atoms with Crippen LogP contribution in [-0.4, -0.2) is 18.6 Å². The van der Waals surface area contributed by atoms with Gasteiger partial charge in [-0.2, -0.15) is 0 Å². The molecule has 1 saturated carbocycles. The number of nitrogens with two attached hydrogens (primary N) is 1. The third kappa shape index (κ3) is 3.49. The molecule has 21 heavy (non-hydrogen) atoms. The normalized spacial score (nSPS) is 24.9. The lowest BCUT2D eigenvalue weighted by Crippen LogP contribution is -2.50. The Morgan fingerprint density at radius 3 is 2.57 bits per heavy atom. The van der Waals surface area contributed by atoms with E-state index in [2.05, 4.69) is 19.2 Å².